The van der Waals surface area contributed by atoms with Crippen molar-refractivity contribution in [3.63, 3.8) is 0 Å². The second-order valence-electron chi connectivity index (χ2n) is 9.69. The van der Waals surface area contributed by atoms with E-state index < -0.39 is 0 Å². The van der Waals surface area contributed by atoms with Gasteiger partial charge in [-0.15, -0.1) is 0 Å². The normalized spacial score (nSPS) is 18.3. The molecule has 2 heterocycles. The summed E-state index contributed by atoms with van der Waals surface area (Å²) in [5.41, 5.74) is 4.18. The van der Waals surface area contributed by atoms with Gasteiger partial charge in [-0.1, -0.05) is 11.6 Å². The highest BCUT2D eigenvalue weighted by molar-refractivity contribution is 6.31. The van der Waals surface area contributed by atoms with Crippen LogP contribution >= 0.6 is 11.6 Å². The molecule has 1 fully saturated rings. The van der Waals surface area contributed by atoms with Gasteiger partial charge in [0.2, 0.25) is 0 Å². The zero-order chi connectivity index (χ0) is 25.3. The number of rotatable bonds is 7. The van der Waals surface area contributed by atoms with E-state index in [0.717, 1.165) is 43.5 Å². The van der Waals surface area contributed by atoms with Crippen LogP contribution in [0.5, 0.6) is 0 Å². The van der Waals surface area contributed by atoms with Crippen LogP contribution in [0.3, 0.4) is 0 Å². The highest BCUT2D eigenvalue weighted by Crippen LogP contribution is 2.34. The van der Waals surface area contributed by atoms with E-state index in [1.165, 1.54) is 12.3 Å². The minimum atomic E-state index is -0.248. The lowest BCUT2D eigenvalue weighted by molar-refractivity contribution is 0.0950. The number of halogens is 1. The highest BCUT2D eigenvalue weighted by Gasteiger charge is 2.28. The number of hydrogen-bond donors (Lipinski definition) is 1. The largest absolute Gasteiger partial charge is 0.383 e. The average Bonchev–Trinajstić information content (AvgIpc) is 3.30. The maximum Gasteiger partial charge on any atom is 0.251 e. The maximum atomic E-state index is 13.3. The van der Waals surface area contributed by atoms with E-state index in [4.69, 9.17) is 16.1 Å². The second kappa shape index (κ2) is 10.5. The quantitative estimate of drug-likeness (QED) is 0.507. The van der Waals surface area contributed by atoms with Crippen molar-refractivity contribution in [1.29, 1.82) is 0 Å². The molecule has 0 spiro atoms. The number of carbonyl (C=O) groups excluding carboxylic acids is 1. The minimum Gasteiger partial charge on any atom is -0.383 e. The monoisotopic (exact) mass is 498 g/mol. The summed E-state index contributed by atoms with van der Waals surface area (Å²) in [7, 11) is 4.30. The van der Waals surface area contributed by atoms with Crippen molar-refractivity contribution in [2.24, 2.45) is 0 Å². The lowest BCUT2D eigenvalue weighted by Gasteiger charge is -2.40. The molecule has 0 unspecified atom stereocenters. The number of hydrogen-bond acceptors (Lipinski definition) is 5. The van der Waals surface area contributed by atoms with Gasteiger partial charge in [0.05, 0.1) is 11.2 Å². The van der Waals surface area contributed by atoms with E-state index in [1.807, 2.05) is 19.9 Å². The minimum absolute atomic E-state index is 0.112. The van der Waals surface area contributed by atoms with Crippen LogP contribution in [0.25, 0.3) is 5.52 Å². The zero-order valence-electron chi connectivity index (χ0n) is 21.2. The van der Waals surface area contributed by atoms with Gasteiger partial charge in [-0.3, -0.25) is 9.59 Å². The number of aryl methyl sites for hydroxylation is 1. The molecule has 4 rings (SSSR count). The summed E-state index contributed by atoms with van der Waals surface area (Å²) in [6.45, 7) is 6.90. The Labute approximate surface area is 211 Å². The number of benzene rings is 1. The Hall–Kier alpha value is -2.77. The number of amides is 1. The predicted molar refractivity (Wildman–Crippen MR) is 141 cm³/mol. The first kappa shape index (κ1) is 25.3. The molecule has 188 valence electrons. The van der Waals surface area contributed by atoms with Crippen molar-refractivity contribution >= 4 is 28.7 Å². The molecule has 1 amide bonds. The maximum absolute atomic E-state index is 13.3. The number of carbonyl (C=O) groups is 1. The van der Waals surface area contributed by atoms with Crippen LogP contribution in [0.4, 0.5) is 5.69 Å². The van der Waals surface area contributed by atoms with Gasteiger partial charge in [0.15, 0.2) is 5.43 Å². The fourth-order valence-electron chi connectivity index (χ4n) is 5.38. The molecular weight excluding hydrogens is 464 g/mol. The molecule has 35 heavy (non-hydrogen) atoms. The summed E-state index contributed by atoms with van der Waals surface area (Å²) < 4.78 is 7.03. The lowest BCUT2D eigenvalue weighted by Crippen LogP contribution is -2.42. The molecule has 0 aliphatic heterocycles. The van der Waals surface area contributed by atoms with Crippen molar-refractivity contribution in [2.45, 2.75) is 65.1 Å². The van der Waals surface area contributed by atoms with Crippen LogP contribution in [0.1, 0.15) is 59.8 Å². The average molecular weight is 499 g/mol. The SMILES string of the molecule is CCN(c1cc(Cl)cc(C(=O)NCc2c(C)n3occc3cc2=O)c1C)[C@H]1CC[C@H](N(C)C)CC1. The Morgan fingerprint density at radius 2 is 1.83 bits per heavy atom. The zero-order valence-corrected chi connectivity index (χ0v) is 22.0. The molecule has 1 aliphatic carbocycles. The molecule has 2 aromatic heterocycles. The summed E-state index contributed by atoms with van der Waals surface area (Å²) >= 11 is 6.51. The Kier molecular flexibility index (Phi) is 7.57. The van der Waals surface area contributed by atoms with Crippen molar-refractivity contribution in [3.8, 4) is 0 Å². The topological polar surface area (TPSA) is 70.2 Å². The third kappa shape index (κ3) is 5.11. The standard InChI is InChI=1S/C27H35ClN4O3/c1-6-31(21-9-7-20(8-10-21)30(4)5)25-14-19(28)13-23(17(25)2)27(34)29-16-24-18(3)32-22(11-12-35-32)15-26(24)33/h11-15,20-21H,6-10,16H2,1-5H3,(H,29,34)/t20-,21-. The lowest BCUT2D eigenvalue weighted by atomic mass is 9.89. The summed E-state index contributed by atoms with van der Waals surface area (Å²) in [6.07, 6.45) is 6.09. The molecule has 1 aromatic carbocycles. The fourth-order valence-corrected chi connectivity index (χ4v) is 5.59. The van der Waals surface area contributed by atoms with Gasteiger partial charge in [-0.05, 0) is 78.2 Å². The Bertz CT molecular complexity index is 1270. The summed E-state index contributed by atoms with van der Waals surface area (Å²) in [5.74, 6) is -0.248. The first-order chi connectivity index (χ1) is 16.7. The molecule has 0 bridgehead atoms. The van der Waals surface area contributed by atoms with Gasteiger partial charge >= 0.3 is 0 Å². The van der Waals surface area contributed by atoms with E-state index in [9.17, 15) is 9.59 Å². The van der Waals surface area contributed by atoms with Crippen LogP contribution in [-0.4, -0.2) is 48.1 Å². The van der Waals surface area contributed by atoms with Gasteiger partial charge in [-0.25, -0.2) is 0 Å². The smallest absolute Gasteiger partial charge is 0.251 e. The van der Waals surface area contributed by atoms with Crippen molar-refractivity contribution in [3.05, 3.63) is 68.2 Å². The van der Waals surface area contributed by atoms with Crippen molar-refractivity contribution in [2.75, 3.05) is 25.5 Å². The van der Waals surface area contributed by atoms with Gasteiger partial charge in [0, 0.05) is 59.1 Å². The number of nitrogens with zero attached hydrogens (tertiary/aromatic N) is 3. The van der Waals surface area contributed by atoms with Gasteiger partial charge in [-0.2, -0.15) is 4.57 Å². The van der Waals surface area contributed by atoms with Crippen LogP contribution in [0, 0.1) is 13.8 Å². The van der Waals surface area contributed by atoms with Crippen LogP contribution in [0.15, 0.2) is 39.8 Å². The first-order valence-corrected chi connectivity index (χ1v) is 12.7. The third-order valence-corrected chi connectivity index (χ3v) is 7.68. The number of anilines is 1. The van der Waals surface area contributed by atoms with E-state index in [1.54, 1.807) is 16.7 Å². The predicted octanol–water partition coefficient (Wildman–Crippen LogP) is 4.79. The van der Waals surface area contributed by atoms with Crippen LogP contribution < -0.4 is 15.6 Å². The number of nitrogens with one attached hydrogen (secondary N) is 1. The van der Waals surface area contributed by atoms with E-state index in [-0.39, 0.29) is 17.9 Å². The van der Waals surface area contributed by atoms with Crippen molar-refractivity contribution < 1.29 is 9.32 Å². The molecule has 1 aliphatic rings. The number of aromatic nitrogens is 1. The van der Waals surface area contributed by atoms with E-state index in [2.05, 4.69) is 36.1 Å². The molecule has 0 atom stereocenters. The molecule has 8 heteroatoms. The van der Waals surface area contributed by atoms with Gasteiger partial charge < -0.3 is 19.6 Å². The van der Waals surface area contributed by atoms with Gasteiger partial charge in [0.25, 0.3) is 5.91 Å². The van der Waals surface area contributed by atoms with Gasteiger partial charge in [0.1, 0.15) is 6.26 Å². The Morgan fingerprint density at radius 1 is 1.14 bits per heavy atom. The fraction of sp³-hybridized carbons (Fsp3) is 0.481. The molecule has 3 aromatic rings. The van der Waals surface area contributed by atoms with Crippen molar-refractivity contribution in [1.82, 2.24) is 14.8 Å². The summed E-state index contributed by atoms with van der Waals surface area (Å²) in [5, 5.41) is 3.46. The highest BCUT2D eigenvalue weighted by atomic mass is 35.5. The second-order valence-corrected chi connectivity index (χ2v) is 10.1. The van der Waals surface area contributed by atoms with E-state index in [0.29, 0.717) is 39.4 Å². The number of fused-ring (bicyclic) bond motifs is 1. The van der Waals surface area contributed by atoms with Crippen LogP contribution in [-0.2, 0) is 6.54 Å². The Balaban J connectivity index is 1.55. The first-order valence-electron chi connectivity index (χ1n) is 12.3. The third-order valence-electron chi connectivity index (χ3n) is 7.46. The molecule has 1 N–H and O–H groups in total. The number of pyridine rings is 1. The Morgan fingerprint density at radius 3 is 2.49 bits per heavy atom. The van der Waals surface area contributed by atoms with E-state index >= 15 is 0 Å². The summed E-state index contributed by atoms with van der Waals surface area (Å²) in [6, 6.07) is 7.98. The molecular formula is C27H35ClN4O3. The molecule has 1 saturated carbocycles. The molecule has 7 nitrogen and oxygen atoms in total. The molecule has 0 radical (unpaired) electrons. The molecule has 0 saturated heterocycles. The summed E-state index contributed by atoms with van der Waals surface area (Å²) in [4.78, 5) is 30.6. The van der Waals surface area contributed by atoms with Crippen LogP contribution in [0.2, 0.25) is 5.02 Å².